The van der Waals surface area contributed by atoms with Crippen LogP contribution in [0.5, 0.6) is 0 Å². The van der Waals surface area contributed by atoms with Crippen LogP contribution in [-0.2, 0) is 0 Å². The topological polar surface area (TPSA) is 0 Å². The van der Waals surface area contributed by atoms with Crippen LogP contribution in [0.2, 0.25) is 0 Å². The Bertz CT molecular complexity index is 6.00. The van der Waals surface area contributed by atoms with Gasteiger partial charge in [-0.2, -0.15) is 0 Å². The first-order chi connectivity index (χ1) is 0. The third-order valence-corrected chi connectivity index (χ3v) is 0. The van der Waals surface area contributed by atoms with E-state index in [1.807, 2.05) is 0 Å². The van der Waals surface area contributed by atoms with Gasteiger partial charge in [-0.1, -0.05) is 0 Å². The molecule has 0 nitrogen and oxygen atoms in total. The van der Waals surface area contributed by atoms with Crippen molar-refractivity contribution in [1.82, 2.24) is 0 Å². The number of halogens is 2. The second-order valence-corrected chi connectivity index (χ2v) is 0. The summed E-state index contributed by atoms with van der Waals surface area (Å²) in [6.07, 6.45) is 0. The molecule has 0 saturated heterocycles. The van der Waals surface area contributed by atoms with Gasteiger partial charge in [0.05, 0.1) is 0 Å². The fourth-order valence-corrected chi connectivity index (χ4v) is 0. The van der Waals surface area contributed by atoms with Gasteiger partial charge in [-0.3, -0.25) is 9.41 Å². The van der Waals surface area contributed by atoms with Gasteiger partial charge in [0.15, 0.2) is 0 Å². The fraction of sp³-hybridized carbons (Fsp3) is 0. The van der Waals surface area contributed by atoms with E-state index in [0.29, 0.717) is 0 Å². The Labute approximate surface area is 83.5 Å². The molecule has 0 spiro atoms. The van der Waals surface area contributed by atoms with Crippen molar-refractivity contribution < 1.29 is 47.6 Å². The van der Waals surface area contributed by atoms with E-state index in [9.17, 15) is 0 Å². The molecule has 30 valence electrons. The molecular weight excluding hydrogens is 241 g/mol. The Morgan fingerprint density at radius 3 is 0.750 bits per heavy atom. The molecule has 0 aromatic rings. The van der Waals surface area contributed by atoms with Crippen LogP contribution in [0.15, 0.2) is 0 Å². The van der Waals surface area contributed by atoms with Crippen molar-refractivity contribution in [2.45, 2.75) is 0 Å². The van der Waals surface area contributed by atoms with Crippen LogP contribution < -0.4 is 0 Å². The molecule has 4 heteroatoms. The molecule has 0 radical (unpaired) electrons. The summed E-state index contributed by atoms with van der Waals surface area (Å²) >= 11 is 0. The van der Waals surface area contributed by atoms with Crippen LogP contribution in [-0.4, -0.2) is 37.7 Å². The smallest absolute Gasteiger partial charge is 0 e. The fourth-order valence-electron chi connectivity index (χ4n) is 0. The summed E-state index contributed by atoms with van der Waals surface area (Å²) in [5.41, 5.74) is 0. The summed E-state index contributed by atoms with van der Waals surface area (Å²) < 4.78 is 0. The Morgan fingerprint density at radius 1 is 0.750 bits per heavy atom. The first kappa shape index (κ1) is 32.5. The molecule has 0 aliphatic rings. The molecule has 0 atom stereocenters. The number of rotatable bonds is 0. The summed E-state index contributed by atoms with van der Waals surface area (Å²) in [6.45, 7) is 0. The maximum atomic E-state index is 0. The molecule has 0 aromatic heterocycles. The van der Waals surface area contributed by atoms with Crippen molar-refractivity contribution in [3.05, 3.63) is 0 Å². The normalized spacial score (nSPS) is 0. The SMILES string of the molecule is F.F.[CaH2].[Dy]. The molecule has 0 rings (SSSR count). The Balaban J connectivity index is 0. The van der Waals surface area contributed by atoms with Gasteiger partial charge < -0.3 is 0 Å². The van der Waals surface area contributed by atoms with E-state index in [1.54, 1.807) is 0 Å². The average Bonchev–Trinajstić information content (AvgIpc) is 0. The van der Waals surface area contributed by atoms with Crippen molar-refractivity contribution in [3.8, 4) is 0 Å². The van der Waals surface area contributed by atoms with Crippen LogP contribution >= 0.6 is 0 Å². The standard InChI is InChI=1S/Ca.Dy.2FH.2H/h;;2*1H;;. The zero-order valence-electron chi connectivity index (χ0n) is 1.13. The Kier molecular flexibility index (Phi) is 148. The summed E-state index contributed by atoms with van der Waals surface area (Å²) in [7, 11) is 0. The second kappa shape index (κ2) is 18.2. The first-order valence-electron chi connectivity index (χ1n) is 0. The van der Waals surface area contributed by atoms with E-state index >= 15 is 0 Å². The molecule has 0 aromatic carbocycles. The molecule has 0 aliphatic heterocycles. The number of hydrogen-bond donors (Lipinski definition) is 0. The predicted octanol–water partition coefficient (Wildman–Crippen LogP) is -0.611. The molecule has 0 fully saturated rings. The van der Waals surface area contributed by atoms with E-state index in [2.05, 4.69) is 0 Å². The largest absolute Gasteiger partial charge is 0 e. The van der Waals surface area contributed by atoms with Gasteiger partial charge in [-0.15, -0.1) is 0 Å². The summed E-state index contributed by atoms with van der Waals surface area (Å²) in [4.78, 5) is 0. The van der Waals surface area contributed by atoms with E-state index in [1.165, 1.54) is 0 Å². The van der Waals surface area contributed by atoms with Gasteiger partial charge in [-0.25, -0.2) is 0 Å². The van der Waals surface area contributed by atoms with Crippen LogP contribution in [0.4, 0.5) is 9.41 Å². The monoisotopic (exact) mass is 246 g/mol. The summed E-state index contributed by atoms with van der Waals surface area (Å²) in [5, 5.41) is 0. The molecule has 0 aliphatic carbocycles. The van der Waals surface area contributed by atoms with Crippen molar-refractivity contribution >= 4 is 37.7 Å². The third-order valence-electron chi connectivity index (χ3n) is 0. The van der Waals surface area contributed by atoms with Gasteiger partial charge in [0.25, 0.3) is 0 Å². The van der Waals surface area contributed by atoms with Gasteiger partial charge >= 0.3 is 37.7 Å². The molecule has 0 amide bonds. The molecule has 0 bridgehead atoms. The zero-order valence-corrected chi connectivity index (χ0v) is 3.16. The molecule has 0 N–H and O–H groups in total. The molecule has 4 heavy (non-hydrogen) atoms. The minimum Gasteiger partial charge on any atom is 0 e. The van der Waals surface area contributed by atoms with E-state index < -0.39 is 0 Å². The van der Waals surface area contributed by atoms with E-state index in [0.717, 1.165) is 0 Å². The maximum Gasteiger partial charge on any atom is 0 e. The van der Waals surface area contributed by atoms with Gasteiger partial charge in [-0.05, 0) is 0 Å². The van der Waals surface area contributed by atoms with E-state index in [-0.39, 0.29) is 85.3 Å². The molecular formula is H4CaDyF2. The Morgan fingerprint density at radius 2 is 0.750 bits per heavy atom. The van der Waals surface area contributed by atoms with Crippen LogP contribution in [0.25, 0.3) is 0 Å². The average molecular weight is 245 g/mol. The van der Waals surface area contributed by atoms with E-state index in [4.69, 9.17) is 0 Å². The van der Waals surface area contributed by atoms with Crippen molar-refractivity contribution in [2.24, 2.45) is 0 Å². The van der Waals surface area contributed by atoms with Gasteiger partial charge in [0.1, 0.15) is 0 Å². The second-order valence-electron chi connectivity index (χ2n) is 0. The van der Waals surface area contributed by atoms with Crippen LogP contribution in [0, 0.1) is 38.2 Å². The molecule has 0 heterocycles. The zero-order chi connectivity index (χ0) is 0. The molecule has 0 unspecified atom stereocenters. The van der Waals surface area contributed by atoms with Crippen molar-refractivity contribution in [1.29, 1.82) is 0 Å². The first-order valence-corrected chi connectivity index (χ1v) is 0. The van der Waals surface area contributed by atoms with Crippen LogP contribution in [0.3, 0.4) is 0 Å². The quantitative estimate of drug-likeness (QED) is 0.499. The minimum absolute atomic E-state index is 0. The van der Waals surface area contributed by atoms with Crippen molar-refractivity contribution in [2.75, 3.05) is 0 Å². The van der Waals surface area contributed by atoms with Crippen molar-refractivity contribution in [3.63, 3.8) is 0 Å². The summed E-state index contributed by atoms with van der Waals surface area (Å²) in [5.74, 6) is 0. The van der Waals surface area contributed by atoms with Crippen LogP contribution in [0.1, 0.15) is 0 Å². The third kappa shape index (κ3) is 8.83. The van der Waals surface area contributed by atoms with Gasteiger partial charge in [0.2, 0.25) is 0 Å². The summed E-state index contributed by atoms with van der Waals surface area (Å²) in [6, 6.07) is 0. The predicted molar refractivity (Wildman–Crippen MR) is 13.5 cm³/mol. The molecule has 0 saturated carbocycles. The minimum atomic E-state index is 0. The maximum absolute atomic E-state index is 0. The number of hydrogen-bond acceptors (Lipinski definition) is 0. The Hall–Kier alpha value is 2.39. The van der Waals surface area contributed by atoms with Gasteiger partial charge in [0, 0.05) is 38.2 Å².